The van der Waals surface area contributed by atoms with Crippen molar-refractivity contribution in [1.82, 2.24) is 0 Å². The summed E-state index contributed by atoms with van der Waals surface area (Å²) < 4.78 is 23.5. The largest absolute Gasteiger partial charge is 0.465 e. The minimum absolute atomic E-state index is 0.0911. The highest BCUT2D eigenvalue weighted by molar-refractivity contribution is 7.90. The third-order valence-electron chi connectivity index (χ3n) is 5.03. The first-order valence-corrected chi connectivity index (χ1v) is 11.4. The van der Waals surface area contributed by atoms with Crippen LogP contribution < -0.4 is 15.1 Å². The van der Waals surface area contributed by atoms with Crippen molar-refractivity contribution in [2.75, 3.05) is 27.9 Å². The summed E-state index contributed by atoms with van der Waals surface area (Å²) in [6, 6.07) is 8.83. The fraction of sp³-hybridized carbons (Fsp3) is 0.286. The van der Waals surface area contributed by atoms with Gasteiger partial charge in [0.05, 0.1) is 28.0 Å². The zero-order valence-electron chi connectivity index (χ0n) is 17.5. The highest BCUT2D eigenvalue weighted by atomic mass is 32.2. The maximum atomic E-state index is 12.3. The Balaban J connectivity index is 2.26. The number of hydrogen-bond donors (Lipinski definition) is 2. The van der Waals surface area contributed by atoms with Gasteiger partial charge in [0.25, 0.3) is 0 Å². The molecular formula is C21H23N3O6S. The minimum atomic E-state index is -3.39. The van der Waals surface area contributed by atoms with Gasteiger partial charge in [0.2, 0.25) is 11.8 Å². The Bertz CT molecular complexity index is 1170. The van der Waals surface area contributed by atoms with E-state index in [-0.39, 0.29) is 23.3 Å². The molecule has 9 nitrogen and oxygen atoms in total. The summed E-state index contributed by atoms with van der Waals surface area (Å²) in [5, 5.41) is 12.4. The lowest BCUT2D eigenvalue weighted by molar-refractivity contribution is -0.117. The molecule has 1 heterocycles. The van der Waals surface area contributed by atoms with Crippen LogP contribution in [0.4, 0.5) is 21.9 Å². The summed E-state index contributed by atoms with van der Waals surface area (Å²) in [7, 11) is -3.39. The number of benzene rings is 2. The van der Waals surface area contributed by atoms with E-state index in [9.17, 15) is 27.9 Å². The van der Waals surface area contributed by atoms with Crippen molar-refractivity contribution in [1.29, 1.82) is 0 Å². The van der Waals surface area contributed by atoms with Gasteiger partial charge < -0.3 is 15.3 Å². The van der Waals surface area contributed by atoms with Gasteiger partial charge in [-0.1, -0.05) is 12.1 Å². The summed E-state index contributed by atoms with van der Waals surface area (Å²) in [5.41, 5.74) is 2.13. The number of carbonyl (C=O) groups is 3. The third kappa shape index (κ3) is 4.38. The summed E-state index contributed by atoms with van der Waals surface area (Å²) in [5.74, 6) is -0.597. The number of hydrogen-bond acceptors (Lipinski definition) is 5. The molecule has 0 fully saturated rings. The van der Waals surface area contributed by atoms with E-state index < -0.39 is 22.0 Å². The lowest BCUT2D eigenvalue weighted by Gasteiger charge is -2.40. The Kier molecular flexibility index (Phi) is 5.77. The lowest BCUT2D eigenvalue weighted by atomic mass is 9.98. The number of sulfone groups is 1. The number of anilines is 3. The van der Waals surface area contributed by atoms with E-state index in [0.29, 0.717) is 28.2 Å². The molecule has 1 aliphatic rings. The molecule has 1 aliphatic heterocycles. The van der Waals surface area contributed by atoms with Crippen LogP contribution in [0, 0.1) is 0 Å². The van der Waals surface area contributed by atoms with Crippen LogP contribution in [0.25, 0.3) is 11.1 Å². The van der Waals surface area contributed by atoms with Crippen molar-refractivity contribution in [2.45, 2.75) is 31.7 Å². The van der Waals surface area contributed by atoms with E-state index >= 15 is 0 Å². The van der Waals surface area contributed by atoms with Gasteiger partial charge in [-0.2, -0.15) is 0 Å². The van der Waals surface area contributed by atoms with Gasteiger partial charge >= 0.3 is 6.09 Å². The second-order valence-electron chi connectivity index (χ2n) is 7.50. The molecule has 0 aromatic heterocycles. The first kappa shape index (κ1) is 22.3. The first-order chi connectivity index (χ1) is 14.4. The molecule has 0 spiro atoms. The summed E-state index contributed by atoms with van der Waals surface area (Å²) >= 11 is 0. The number of carbonyl (C=O) groups excluding carboxylic acids is 2. The molecule has 10 heteroatoms. The predicted octanol–water partition coefficient (Wildman–Crippen LogP) is 2.95. The molecule has 0 saturated heterocycles. The fourth-order valence-electron chi connectivity index (χ4n) is 3.74. The molecule has 164 valence electrons. The van der Waals surface area contributed by atoms with Crippen LogP contribution >= 0.6 is 0 Å². The van der Waals surface area contributed by atoms with Crippen LogP contribution in [0.3, 0.4) is 0 Å². The Morgan fingerprint density at radius 2 is 1.68 bits per heavy atom. The number of fused-ring (bicyclic) bond motifs is 1. The van der Waals surface area contributed by atoms with Crippen molar-refractivity contribution in [2.24, 2.45) is 0 Å². The van der Waals surface area contributed by atoms with Gasteiger partial charge in [-0.3, -0.25) is 14.5 Å². The second-order valence-corrected chi connectivity index (χ2v) is 9.51. The average Bonchev–Trinajstić information content (AvgIpc) is 2.65. The molecule has 0 radical (unpaired) electrons. The van der Waals surface area contributed by atoms with Crippen LogP contribution in [0.15, 0.2) is 41.3 Å². The zero-order chi connectivity index (χ0) is 23.1. The number of rotatable bonds is 3. The third-order valence-corrected chi connectivity index (χ3v) is 6.16. The van der Waals surface area contributed by atoms with Crippen LogP contribution in [-0.2, 0) is 19.4 Å². The van der Waals surface area contributed by atoms with Crippen molar-refractivity contribution >= 4 is 44.8 Å². The molecule has 0 bridgehead atoms. The van der Waals surface area contributed by atoms with Gasteiger partial charge in [0, 0.05) is 32.2 Å². The molecule has 2 N–H and O–H groups in total. The van der Waals surface area contributed by atoms with E-state index in [1.54, 1.807) is 31.2 Å². The quantitative estimate of drug-likeness (QED) is 0.749. The van der Waals surface area contributed by atoms with Gasteiger partial charge in [0.1, 0.15) is 0 Å². The summed E-state index contributed by atoms with van der Waals surface area (Å²) in [4.78, 5) is 38.8. The number of carboxylic acid groups (broad SMARTS) is 1. The van der Waals surface area contributed by atoms with Gasteiger partial charge in [-0.05, 0) is 36.8 Å². The van der Waals surface area contributed by atoms with E-state index in [4.69, 9.17) is 0 Å². The van der Waals surface area contributed by atoms with E-state index in [1.807, 2.05) is 0 Å². The topological polar surface area (TPSA) is 124 Å². The van der Waals surface area contributed by atoms with Gasteiger partial charge in [0.15, 0.2) is 9.84 Å². The zero-order valence-corrected chi connectivity index (χ0v) is 18.4. The van der Waals surface area contributed by atoms with Crippen molar-refractivity contribution in [3.05, 3.63) is 36.4 Å². The second kappa shape index (κ2) is 8.03. The monoisotopic (exact) mass is 445 g/mol. The molecular weight excluding hydrogens is 422 g/mol. The molecule has 2 aromatic carbocycles. The minimum Gasteiger partial charge on any atom is -0.465 e. The molecule has 3 rings (SSSR count). The Hall–Kier alpha value is -3.40. The highest BCUT2D eigenvalue weighted by Crippen LogP contribution is 2.43. The van der Waals surface area contributed by atoms with E-state index in [0.717, 1.165) is 11.2 Å². The molecule has 3 amide bonds. The first-order valence-electron chi connectivity index (χ1n) is 9.46. The van der Waals surface area contributed by atoms with E-state index in [2.05, 4.69) is 5.32 Å². The van der Waals surface area contributed by atoms with Crippen molar-refractivity contribution in [3.63, 3.8) is 0 Å². The molecule has 1 unspecified atom stereocenters. The normalized spacial score (nSPS) is 15.9. The smallest absolute Gasteiger partial charge is 0.411 e. The van der Waals surface area contributed by atoms with Crippen LogP contribution in [0.5, 0.6) is 0 Å². The molecule has 0 saturated carbocycles. The van der Waals surface area contributed by atoms with Crippen LogP contribution in [0.1, 0.15) is 20.8 Å². The lowest BCUT2D eigenvalue weighted by Crippen LogP contribution is -2.51. The predicted molar refractivity (Wildman–Crippen MR) is 117 cm³/mol. The Labute approximate surface area is 180 Å². The number of amides is 3. The summed E-state index contributed by atoms with van der Waals surface area (Å²) in [6.07, 6.45) is -0.0618. The molecule has 31 heavy (non-hydrogen) atoms. The fourth-order valence-corrected chi connectivity index (χ4v) is 4.37. The standard InChI is InChI=1S/C21H23N3O6S/c1-12-11-23(21(27)28)19-9-17(15-5-7-16(8-6-15)31(4,29)30)18(22-13(2)25)10-20(19)24(12)14(3)26/h5-10,12H,11H2,1-4H3,(H,22,25)(H,27,28). The molecule has 1 atom stereocenters. The average molecular weight is 445 g/mol. The van der Waals surface area contributed by atoms with Crippen LogP contribution in [0.2, 0.25) is 0 Å². The Morgan fingerprint density at radius 1 is 1.06 bits per heavy atom. The molecule has 0 aliphatic carbocycles. The van der Waals surface area contributed by atoms with Gasteiger partial charge in [-0.15, -0.1) is 0 Å². The Morgan fingerprint density at radius 3 is 2.16 bits per heavy atom. The molecule has 2 aromatic rings. The summed E-state index contributed by atoms with van der Waals surface area (Å²) in [6.45, 7) is 4.57. The number of nitrogens with one attached hydrogen (secondary N) is 1. The maximum absolute atomic E-state index is 12.3. The SMILES string of the molecule is CC(=O)Nc1cc2c(cc1-c1ccc(S(C)(=O)=O)cc1)N(C(=O)O)CC(C)N2C(C)=O. The van der Waals surface area contributed by atoms with Crippen LogP contribution in [-0.4, -0.2) is 50.3 Å². The maximum Gasteiger partial charge on any atom is 0.411 e. The van der Waals surface area contributed by atoms with Gasteiger partial charge in [-0.25, -0.2) is 13.2 Å². The highest BCUT2D eigenvalue weighted by Gasteiger charge is 2.34. The van der Waals surface area contributed by atoms with Crippen molar-refractivity contribution < 1.29 is 27.9 Å². The van der Waals surface area contributed by atoms with E-state index in [1.165, 1.54) is 30.9 Å². The van der Waals surface area contributed by atoms with Crippen molar-refractivity contribution in [3.8, 4) is 11.1 Å². The number of nitrogens with zero attached hydrogens (tertiary/aromatic N) is 2.